The van der Waals surface area contributed by atoms with Crippen molar-refractivity contribution in [2.75, 3.05) is 13.7 Å². The zero-order valence-electron chi connectivity index (χ0n) is 13.8. The minimum Gasteiger partial charge on any atom is -0.497 e. The number of thiophene rings is 1. The quantitative estimate of drug-likeness (QED) is 0.728. The minimum atomic E-state index is -0.194. The molecule has 2 aromatic heterocycles. The fourth-order valence-corrected chi connectivity index (χ4v) is 3.85. The van der Waals surface area contributed by atoms with E-state index in [9.17, 15) is 4.79 Å². The van der Waals surface area contributed by atoms with Gasteiger partial charge in [-0.25, -0.2) is 0 Å². The Morgan fingerprint density at radius 1 is 1.36 bits per heavy atom. The molecule has 1 saturated carbocycles. The predicted octanol–water partition coefficient (Wildman–Crippen LogP) is 3.95. The summed E-state index contributed by atoms with van der Waals surface area (Å²) >= 11 is 1.78. The Morgan fingerprint density at radius 3 is 2.92 bits per heavy atom. The molecule has 1 fully saturated rings. The molecule has 1 aliphatic rings. The van der Waals surface area contributed by atoms with E-state index < -0.39 is 0 Å². The lowest BCUT2D eigenvalue weighted by Crippen LogP contribution is -2.26. The third-order valence-electron chi connectivity index (χ3n) is 4.47. The number of rotatable bonds is 6. The highest BCUT2D eigenvalue weighted by Crippen LogP contribution is 2.48. The highest BCUT2D eigenvalue weighted by atomic mass is 32.1. The molecule has 0 saturated heterocycles. The van der Waals surface area contributed by atoms with Gasteiger partial charge in [-0.1, -0.05) is 11.2 Å². The Balaban J connectivity index is 1.34. The lowest BCUT2D eigenvalue weighted by Gasteiger charge is -2.01. The number of amides is 1. The Morgan fingerprint density at radius 2 is 2.20 bits per heavy atom. The number of nitrogens with one attached hydrogen (secondary N) is 1. The van der Waals surface area contributed by atoms with Gasteiger partial charge in [-0.2, -0.15) is 0 Å². The maximum atomic E-state index is 12.3. The molecule has 6 heteroatoms. The number of hydrogen-bond acceptors (Lipinski definition) is 5. The summed E-state index contributed by atoms with van der Waals surface area (Å²) in [5.41, 5.74) is 1.16. The molecular weight excluding hydrogens is 336 g/mol. The summed E-state index contributed by atoms with van der Waals surface area (Å²) in [6.07, 6.45) is 1.14. The van der Waals surface area contributed by atoms with Crippen molar-refractivity contribution in [3.8, 4) is 17.1 Å². The third kappa shape index (κ3) is 3.44. The van der Waals surface area contributed by atoms with Gasteiger partial charge in [-0.05, 0) is 54.0 Å². The van der Waals surface area contributed by atoms with Crippen LogP contribution >= 0.6 is 11.3 Å². The highest BCUT2D eigenvalue weighted by Gasteiger charge is 2.39. The second kappa shape index (κ2) is 6.72. The Kier molecular flexibility index (Phi) is 4.28. The van der Waals surface area contributed by atoms with Gasteiger partial charge in [0.05, 0.1) is 7.11 Å². The second-order valence-electron chi connectivity index (χ2n) is 6.13. The molecule has 2 heterocycles. The summed E-state index contributed by atoms with van der Waals surface area (Å²) in [4.78, 5) is 13.7. The van der Waals surface area contributed by atoms with Gasteiger partial charge in [0.1, 0.15) is 5.75 Å². The monoisotopic (exact) mass is 354 g/mol. The van der Waals surface area contributed by atoms with Gasteiger partial charge >= 0.3 is 0 Å². The Bertz CT molecular complexity index is 855. The van der Waals surface area contributed by atoms with Crippen molar-refractivity contribution >= 4 is 17.2 Å². The van der Waals surface area contributed by atoms with Gasteiger partial charge in [-0.15, -0.1) is 11.3 Å². The third-order valence-corrected chi connectivity index (χ3v) is 5.48. The molecule has 1 aliphatic carbocycles. The van der Waals surface area contributed by atoms with Crippen molar-refractivity contribution in [1.82, 2.24) is 10.5 Å². The first-order chi connectivity index (χ1) is 12.2. The van der Waals surface area contributed by atoms with Gasteiger partial charge in [0.25, 0.3) is 5.91 Å². The molecule has 25 heavy (non-hydrogen) atoms. The summed E-state index contributed by atoms with van der Waals surface area (Å²) in [6.45, 7) is 0.673. The molecule has 5 nitrogen and oxygen atoms in total. The molecule has 1 aromatic carbocycles. The van der Waals surface area contributed by atoms with E-state index in [1.807, 2.05) is 24.3 Å². The fraction of sp³-hybridized carbons (Fsp3) is 0.263. The normalized spacial score (nSPS) is 18.8. The molecule has 2 atom stereocenters. The number of aromatic nitrogens is 1. The number of carbonyl (C=O) groups is 1. The summed E-state index contributed by atoms with van der Waals surface area (Å²) in [5, 5.41) is 8.94. The molecule has 0 aliphatic heterocycles. The lowest BCUT2D eigenvalue weighted by atomic mass is 10.1. The van der Waals surface area contributed by atoms with Crippen LogP contribution in [0.25, 0.3) is 11.3 Å². The average Bonchev–Trinajstić information content (AvgIpc) is 3.07. The molecule has 3 aromatic rings. The standard InChI is InChI=1S/C19H18N2O3S/c1-23-14-6-4-12(5-7-14)17-10-16(21-24-17)19(22)20-11-13-9-15(13)18-3-2-8-25-18/h2-8,10,13,15H,9,11H2,1H3,(H,20,22). The van der Waals surface area contributed by atoms with Crippen LogP contribution in [0.2, 0.25) is 0 Å². The van der Waals surface area contributed by atoms with E-state index in [0.29, 0.717) is 29.8 Å². The van der Waals surface area contributed by atoms with E-state index in [4.69, 9.17) is 9.26 Å². The molecule has 0 spiro atoms. The number of nitrogens with zero attached hydrogens (tertiary/aromatic N) is 1. The van der Waals surface area contributed by atoms with Crippen molar-refractivity contribution in [1.29, 1.82) is 0 Å². The van der Waals surface area contributed by atoms with E-state index in [1.54, 1.807) is 24.5 Å². The van der Waals surface area contributed by atoms with E-state index in [-0.39, 0.29) is 5.91 Å². The van der Waals surface area contributed by atoms with E-state index in [0.717, 1.165) is 17.7 Å². The fourth-order valence-electron chi connectivity index (χ4n) is 2.91. The zero-order valence-corrected chi connectivity index (χ0v) is 14.6. The number of benzene rings is 1. The highest BCUT2D eigenvalue weighted by molar-refractivity contribution is 7.10. The van der Waals surface area contributed by atoms with Crippen molar-refractivity contribution < 1.29 is 14.1 Å². The van der Waals surface area contributed by atoms with Crippen LogP contribution in [-0.4, -0.2) is 24.7 Å². The number of ether oxygens (including phenoxy) is 1. The predicted molar refractivity (Wildman–Crippen MR) is 96.0 cm³/mol. The van der Waals surface area contributed by atoms with Gasteiger partial charge in [0, 0.05) is 23.1 Å². The summed E-state index contributed by atoms with van der Waals surface area (Å²) in [6, 6.07) is 13.3. The lowest BCUT2D eigenvalue weighted by molar-refractivity contribution is 0.0942. The molecule has 128 valence electrons. The largest absolute Gasteiger partial charge is 0.497 e. The first-order valence-corrected chi connectivity index (χ1v) is 9.05. The van der Waals surface area contributed by atoms with E-state index in [1.165, 1.54) is 4.88 Å². The minimum absolute atomic E-state index is 0.194. The number of carbonyl (C=O) groups excluding carboxylic acids is 1. The van der Waals surface area contributed by atoms with Gasteiger partial charge in [0.2, 0.25) is 0 Å². The van der Waals surface area contributed by atoms with Gasteiger partial charge in [-0.3, -0.25) is 4.79 Å². The van der Waals surface area contributed by atoms with E-state index in [2.05, 4.69) is 28.0 Å². The molecule has 0 radical (unpaired) electrons. The summed E-state index contributed by atoms with van der Waals surface area (Å²) in [7, 11) is 1.62. The summed E-state index contributed by atoms with van der Waals surface area (Å²) < 4.78 is 10.4. The molecular formula is C19H18N2O3S. The van der Waals surface area contributed by atoms with Crippen LogP contribution in [0, 0.1) is 5.92 Å². The van der Waals surface area contributed by atoms with Crippen LogP contribution in [0.3, 0.4) is 0 Å². The van der Waals surface area contributed by atoms with Crippen LogP contribution in [-0.2, 0) is 0 Å². The molecule has 0 bridgehead atoms. The van der Waals surface area contributed by atoms with Crippen LogP contribution in [0.5, 0.6) is 5.75 Å². The average molecular weight is 354 g/mol. The maximum absolute atomic E-state index is 12.3. The van der Waals surface area contributed by atoms with Crippen LogP contribution < -0.4 is 10.1 Å². The number of hydrogen-bond donors (Lipinski definition) is 1. The van der Waals surface area contributed by atoms with Crippen LogP contribution in [0.15, 0.2) is 52.4 Å². The molecule has 1 N–H and O–H groups in total. The maximum Gasteiger partial charge on any atom is 0.273 e. The zero-order chi connectivity index (χ0) is 17.2. The topological polar surface area (TPSA) is 64.4 Å². The summed E-state index contributed by atoms with van der Waals surface area (Å²) in [5.74, 6) is 2.25. The molecule has 2 unspecified atom stereocenters. The van der Waals surface area contributed by atoms with Crippen molar-refractivity contribution in [3.63, 3.8) is 0 Å². The molecule has 4 rings (SSSR count). The SMILES string of the molecule is COc1ccc(-c2cc(C(=O)NCC3CC3c3cccs3)no2)cc1. The van der Waals surface area contributed by atoms with Crippen molar-refractivity contribution in [3.05, 3.63) is 58.4 Å². The Hall–Kier alpha value is -2.60. The number of methoxy groups -OCH3 is 1. The smallest absolute Gasteiger partial charge is 0.273 e. The van der Waals surface area contributed by atoms with Crippen molar-refractivity contribution in [2.24, 2.45) is 5.92 Å². The van der Waals surface area contributed by atoms with Crippen LogP contribution in [0.1, 0.15) is 27.7 Å². The van der Waals surface area contributed by atoms with Crippen LogP contribution in [0.4, 0.5) is 0 Å². The molecule has 1 amide bonds. The van der Waals surface area contributed by atoms with Crippen molar-refractivity contribution in [2.45, 2.75) is 12.3 Å². The Labute approximate surface area is 149 Å². The van der Waals surface area contributed by atoms with Gasteiger partial charge < -0.3 is 14.6 Å². The first kappa shape index (κ1) is 15.9. The van der Waals surface area contributed by atoms with E-state index >= 15 is 0 Å². The first-order valence-electron chi connectivity index (χ1n) is 8.17. The van der Waals surface area contributed by atoms with Gasteiger partial charge in [0.15, 0.2) is 11.5 Å². The second-order valence-corrected chi connectivity index (χ2v) is 7.11.